The summed E-state index contributed by atoms with van der Waals surface area (Å²) in [6, 6.07) is 8.49. The van der Waals surface area contributed by atoms with Crippen LogP contribution in [0, 0.1) is 5.92 Å². The van der Waals surface area contributed by atoms with Crippen LogP contribution in [0.5, 0.6) is 0 Å². The predicted molar refractivity (Wildman–Crippen MR) is 95.7 cm³/mol. The van der Waals surface area contributed by atoms with Gasteiger partial charge in [-0.15, -0.1) is 0 Å². The molecule has 2 aliphatic rings. The Hall–Kier alpha value is -1.84. The number of carbonyl (C=O) groups excluding carboxylic acids is 1. The van der Waals surface area contributed by atoms with Crippen LogP contribution in [0.3, 0.4) is 0 Å². The maximum Gasteiger partial charge on any atom is 0.228 e. The first kappa shape index (κ1) is 15.7. The lowest BCUT2D eigenvalue weighted by atomic mass is 9.84. The quantitative estimate of drug-likeness (QED) is 0.921. The zero-order chi connectivity index (χ0) is 16.4. The molecule has 1 aliphatic heterocycles. The SMILES string of the molecule is O=C(Cc1[nH]nc2ccccc12)N1CCC[C@@H]1CC1CCCCC1. The summed E-state index contributed by atoms with van der Waals surface area (Å²) in [5.74, 6) is 1.10. The highest BCUT2D eigenvalue weighted by molar-refractivity contribution is 5.87. The molecule has 4 heteroatoms. The molecular weight excluding hydrogens is 298 g/mol. The van der Waals surface area contributed by atoms with Crippen molar-refractivity contribution in [2.24, 2.45) is 5.92 Å². The van der Waals surface area contributed by atoms with Crippen molar-refractivity contribution in [2.75, 3.05) is 6.54 Å². The van der Waals surface area contributed by atoms with Crippen LogP contribution in [0.25, 0.3) is 10.9 Å². The van der Waals surface area contributed by atoms with Gasteiger partial charge < -0.3 is 4.90 Å². The fourth-order valence-corrected chi connectivity index (χ4v) is 4.62. The van der Waals surface area contributed by atoms with Crippen LogP contribution in [-0.2, 0) is 11.2 Å². The van der Waals surface area contributed by atoms with Gasteiger partial charge in [0.15, 0.2) is 0 Å². The van der Waals surface area contributed by atoms with Crippen LogP contribution in [0.4, 0.5) is 0 Å². The number of rotatable bonds is 4. The molecule has 0 unspecified atom stereocenters. The molecule has 1 saturated heterocycles. The van der Waals surface area contributed by atoms with Gasteiger partial charge in [0.25, 0.3) is 0 Å². The second-order valence-corrected chi connectivity index (χ2v) is 7.52. The van der Waals surface area contributed by atoms with Crippen molar-refractivity contribution in [3.8, 4) is 0 Å². The number of benzene rings is 1. The summed E-state index contributed by atoms with van der Waals surface area (Å²) in [7, 11) is 0. The Balaban J connectivity index is 1.43. The molecule has 24 heavy (non-hydrogen) atoms. The van der Waals surface area contributed by atoms with Gasteiger partial charge in [-0.1, -0.05) is 50.3 Å². The van der Waals surface area contributed by atoms with E-state index in [2.05, 4.69) is 15.1 Å². The number of hydrogen-bond donors (Lipinski definition) is 1. The van der Waals surface area contributed by atoms with E-state index < -0.39 is 0 Å². The molecule has 2 heterocycles. The molecular formula is C20H27N3O. The zero-order valence-electron chi connectivity index (χ0n) is 14.3. The summed E-state index contributed by atoms with van der Waals surface area (Å²) in [5, 5.41) is 8.46. The van der Waals surface area contributed by atoms with Crippen LogP contribution < -0.4 is 0 Å². The first-order valence-electron chi connectivity index (χ1n) is 9.53. The summed E-state index contributed by atoms with van der Waals surface area (Å²) >= 11 is 0. The Morgan fingerprint density at radius 1 is 1.12 bits per heavy atom. The zero-order valence-corrected chi connectivity index (χ0v) is 14.3. The molecule has 0 spiro atoms. The molecule has 2 fully saturated rings. The maximum atomic E-state index is 12.9. The molecule has 1 aliphatic carbocycles. The second-order valence-electron chi connectivity index (χ2n) is 7.52. The Morgan fingerprint density at radius 3 is 2.83 bits per heavy atom. The van der Waals surface area contributed by atoms with Gasteiger partial charge in [0.1, 0.15) is 0 Å². The van der Waals surface area contributed by atoms with Crippen LogP contribution in [0.2, 0.25) is 0 Å². The Kier molecular flexibility index (Phi) is 4.54. The number of fused-ring (bicyclic) bond motifs is 1. The van der Waals surface area contributed by atoms with E-state index in [0.717, 1.165) is 35.5 Å². The fraction of sp³-hybridized carbons (Fsp3) is 0.600. The number of amides is 1. The van der Waals surface area contributed by atoms with Crippen LogP contribution in [-0.4, -0.2) is 33.6 Å². The molecule has 1 N–H and O–H groups in total. The van der Waals surface area contributed by atoms with E-state index >= 15 is 0 Å². The number of likely N-dealkylation sites (tertiary alicyclic amines) is 1. The molecule has 1 saturated carbocycles. The number of aromatic nitrogens is 2. The van der Waals surface area contributed by atoms with E-state index in [1.165, 1.54) is 44.9 Å². The van der Waals surface area contributed by atoms with Crippen LogP contribution >= 0.6 is 0 Å². The Bertz CT molecular complexity index is 702. The first-order chi connectivity index (χ1) is 11.8. The lowest BCUT2D eigenvalue weighted by Crippen LogP contribution is -2.38. The van der Waals surface area contributed by atoms with Gasteiger partial charge in [0, 0.05) is 18.0 Å². The van der Waals surface area contributed by atoms with Crippen molar-refractivity contribution >= 4 is 16.8 Å². The molecule has 0 radical (unpaired) electrons. The summed E-state index contributed by atoms with van der Waals surface area (Å²) in [6.07, 6.45) is 10.9. The van der Waals surface area contributed by atoms with Gasteiger partial charge in [0.05, 0.1) is 17.6 Å². The number of nitrogens with zero attached hydrogens (tertiary/aromatic N) is 2. The fourth-order valence-electron chi connectivity index (χ4n) is 4.62. The second kappa shape index (κ2) is 6.96. The maximum absolute atomic E-state index is 12.9. The largest absolute Gasteiger partial charge is 0.339 e. The molecule has 128 valence electrons. The van der Waals surface area contributed by atoms with Crippen molar-refractivity contribution in [3.05, 3.63) is 30.0 Å². The number of aromatic amines is 1. The van der Waals surface area contributed by atoms with Crippen molar-refractivity contribution in [1.82, 2.24) is 15.1 Å². The van der Waals surface area contributed by atoms with Crippen LogP contribution in [0.15, 0.2) is 24.3 Å². The smallest absolute Gasteiger partial charge is 0.228 e. The predicted octanol–water partition coefficient (Wildman–Crippen LogP) is 4.07. The first-order valence-corrected chi connectivity index (χ1v) is 9.53. The highest BCUT2D eigenvalue weighted by Crippen LogP contribution is 2.32. The average molecular weight is 325 g/mol. The van der Waals surface area contributed by atoms with E-state index in [1.54, 1.807) is 0 Å². The average Bonchev–Trinajstić information content (AvgIpc) is 3.23. The monoisotopic (exact) mass is 325 g/mol. The van der Waals surface area contributed by atoms with Crippen molar-refractivity contribution in [2.45, 2.75) is 63.8 Å². The lowest BCUT2D eigenvalue weighted by molar-refractivity contribution is -0.131. The van der Waals surface area contributed by atoms with Gasteiger partial charge in [-0.3, -0.25) is 9.89 Å². The topological polar surface area (TPSA) is 49.0 Å². The molecule has 2 aromatic rings. The number of carbonyl (C=O) groups is 1. The minimum Gasteiger partial charge on any atom is -0.339 e. The number of para-hydroxylation sites is 1. The van der Waals surface area contributed by atoms with Crippen LogP contribution in [0.1, 0.15) is 57.1 Å². The van der Waals surface area contributed by atoms with E-state index in [0.29, 0.717) is 12.5 Å². The third-order valence-electron chi connectivity index (χ3n) is 5.90. The lowest BCUT2D eigenvalue weighted by Gasteiger charge is -2.30. The van der Waals surface area contributed by atoms with Gasteiger partial charge in [0.2, 0.25) is 5.91 Å². The molecule has 1 atom stereocenters. The third-order valence-corrected chi connectivity index (χ3v) is 5.90. The summed E-state index contributed by atoms with van der Waals surface area (Å²) in [4.78, 5) is 15.0. The number of H-pyrrole nitrogens is 1. The van der Waals surface area contributed by atoms with Gasteiger partial charge in [-0.05, 0) is 31.2 Å². The van der Waals surface area contributed by atoms with Gasteiger partial charge in [-0.2, -0.15) is 5.10 Å². The van der Waals surface area contributed by atoms with E-state index in [1.807, 2.05) is 24.3 Å². The van der Waals surface area contributed by atoms with E-state index in [4.69, 9.17) is 0 Å². The highest BCUT2D eigenvalue weighted by atomic mass is 16.2. The molecule has 1 aromatic heterocycles. The number of hydrogen-bond acceptors (Lipinski definition) is 2. The Morgan fingerprint density at radius 2 is 1.96 bits per heavy atom. The normalized spacial score (nSPS) is 22.3. The molecule has 4 nitrogen and oxygen atoms in total. The minimum atomic E-state index is 0.266. The molecule has 4 rings (SSSR count). The third kappa shape index (κ3) is 3.19. The van der Waals surface area contributed by atoms with Gasteiger partial charge >= 0.3 is 0 Å². The van der Waals surface area contributed by atoms with E-state index in [-0.39, 0.29) is 5.91 Å². The molecule has 1 amide bonds. The Labute approximate surface area is 143 Å². The highest BCUT2D eigenvalue weighted by Gasteiger charge is 2.31. The molecule has 1 aromatic carbocycles. The van der Waals surface area contributed by atoms with Crippen molar-refractivity contribution in [1.29, 1.82) is 0 Å². The summed E-state index contributed by atoms with van der Waals surface area (Å²) in [5.41, 5.74) is 1.90. The van der Waals surface area contributed by atoms with Crippen molar-refractivity contribution in [3.63, 3.8) is 0 Å². The van der Waals surface area contributed by atoms with E-state index in [9.17, 15) is 4.79 Å². The molecule has 0 bridgehead atoms. The number of nitrogens with one attached hydrogen (secondary N) is 1. The summed E-state index contributed by atoms with van der Waals surface area (Å²) < 4.78 is 0. The summed E-state index contributed by atoms with van der Waals surface area (Å²) in [6.45, 7) is 0.933. The van der Waals surface area contributed by atoms with Gasteiger partial charge in [-0.25, -0.2) is 0 Å². The minimum absolute atomic E-state index is 0.266. The van der Waals surface area contributed by atoms with Crippen molar-refractivity contribution < 1.29 is 4.79 Å². The standard InChI is InChI=1S/C20H27N3O/c24-20(14-19-17-10-4-5-11-18(17)21-22-19)23-12-6-9-16(23)13-15-7-2-1-3-8-15/h4-5,10-11,15-16H,1-3,6-9,12-14H2,(H,21,22)/t16-/m1/s1.